The standard InChI is InChI=1S/C7H7F2N3O2/c1-14-6(13)3-2-11-7(10)12-4(3)5(8)9/h2,5H,1H3,(H2,10,11,12). The summed E-state index contributed by atoms with van der Waals surface area (Å²) in [6, 6.07) is 0. The molecule has 1 aromatic heterocycles. The van der Waals surface area contributed by atoms with E-state index in [1.54, 1.807) is 0 Å². The molecule has 0 saturated carbocycles. The van der Waals surface area contributed by atoms with Crippen molar-refractivity contribution in [3.8, 4) is 0 Å². The van der Waals surface area contributed by atoms with Crippen LogP contribution in [0.3, 0.4) is 0 Å². The Bertz CT molecular complexity index is 357. The van der Waals surface area contributed by atoms with Crippen molar-refractivity contribution in [1.82, 2.24) is 9.97 Å². The molecule has 0 aliphatic rings. The molecule has 0 unspecified atom stereocenters. The summed E-state index contributed by atoms with van der Waals surface area (Å²) >= 11 is 0. The molecule has 1 aromatic rings. The van der Waals surface area contributed by atoms with Gasteiger partial charge in [0.1, 0.15) is 11.3 Å². The molecule has 1 heterocycles. The number of ether oxygens (including phenoxy) is 1. The molecule has 0 aliphatic heterocycles. The fourth-order valence-electron chi connectivity index (χ4n) is 0.843. The highest BCUT2D eigenvalue weighted by Gasteiger charge is 2.21. The van der Waals surface area contributed by atoms with Crippen molar-refractivity contribution in [2.75, 3.05) is 12.8 Å². The van der Waals surface area contributed by atoms with Crippen molar-refractivity contribution in [3.05, 3.63) is 17.5 Å². The zero-order valence-corrected chi connectivity index (χ0v) is 7.20. The quantitative estimate of drug-likeness (QED) is 0.718. The van der Waals surface area contributed by atoms with Gasteiger partial charge in [-0.25, -0.2) is 23.5 Å². The minimum absolute atomic E-state index is 0.312. The number of nitrogens with zero attached hydrogens (tertiary/aromatic N) is 2. The summed E-state index contributed by atoms with van der Waals surface area (Å²) < 4.78 is 29.0. The van der Waals surface area contributed by atoms with Crippen molar-refractivity contribution in [3.63, 3.8) is 0 Å². The summed E-state index contributed by atoms with van der Waals surface area (Å²) in [6.07, 6.45) is -1.98. The minimum Gasteiger partial charge on any atom is -0.465 e. The smallest absolute Gasteiger partial charge is 0.341 e. The SMILES string of the molecule is COC(=O)c1cnc(N)nc1C(F)F. The molecule has 0 amide bonds. The minimum atomic E-state index is -2.89. The highest BCUT2D eigenvalue weighted by Crippen LogP contribution is 2.21. The lowest BCUT2D eigenvalue weighted by Crippen LogP contribution is -2.10. The maximum atomic E-state index is 12.4. The lowest BCUT2D eigenvalue weighted by Gasteiger charge is -2.05. The second-order valence-electron chi connectivity index (χ2n) is 2.32. The Labute approximate surface area is 77.9 Å². The van der Waals surface area contributed by atoms with Crippen LogP contribution in [0.5, 0.6) is 0 Å². The Kier molecular flexibility index (Phi) is 2.90. The third-order valence-corrected chi connectivity index (χ3v) is 1.45. The lowest BCUT2D eigenvalue weighted by atomic mass is 10.2. The monoisotopic (exact) mass is 203 g/mol. The van der Waals surface area contributed by atoms with E-state index >= 15 is 0 Å². The van der Waals surface area contributed by atoms with Crippen molar-refractivity contribution >= 4 is 11.9 Å². The highest BCUT2D eigenvalue weighted by atomic mass is 19.3. The molecular weight excluding hydrogens is 196 g/mol. The van der Waals surface area contributed by atoms with Crippen LogP contribution in [-0.4, -0.2) is 23.0 Å². The van der Waals surface area contributed by atoms with Gasteiger partial charge in [-0.05, 0) is 0 Å². The van der Waals surface area contributed by atoms with Crippen LogP contribution in [0.1, 0.15) is 22.5 Å². The summed E-state index contributed by atoms with van der Waals surface area (Å²) in [7, 11) is 1.08. The molecule has 0 fully saturated rings. The van der Waals surface area contributed by atoms with Gasteiger partial charge in [-0.1, -0.05) is 0 Å². The Morgan fingerprint density at radius 2 is 2.29 bits per heavy atom. The second kappa shape index (κ2) is 3.95. The summed E-state index contributed by atoms with van der Waals surface area (Å²) in [5.74, 6) is -1.23. The number of hydrogen-bond acceptors (Lipinski definition) is 5. The van der Waals surface area contributed by atoms with Crippen LogP contribution in [-0.2, 0) is 4.74 Å². The molecule has 76 valence electrons. The van der Waals surface area contributed by atoms with Crippen molar-refractivity contribution < 1.29 is 18.3 Å². The van der Waals surface area contributed by atoms with Gasteiger partial charge in [0.05, 0.1) is 7.11 Å². The average molecular weight is 203 g/mol. The largest absolute Gasteiger partial charge is 0.465 e. The van der Waals surface area contributed by atoms with E-state index in [0.29, 0.717) is 0 Å². The molecule has 7 heteroatoms. The Hall–Kier alpha value is -1.79. The third kappa shape index (κ3) is 1.93. The first-order chi connectivity index (χ1) is 6.56. The predicted octanol–water partition coefficient (Wildman–Crippen LogP) is 0.783. The van der Waals surface area contributed by atoms with E-state index in [9.17, 15) is 13.6 Å². The Morgan fingerprint density at radius 1 is 1.64 bits per heavy atom. The van der Waals surface area contributed by atoms with Gasteiger partial charge in [-0.2, -0.15) is 0 Å². The van der Waals surface area contributed by atoms with Gasteiger partial charge in [-0.3, -0.25) is 0 Å². The number of nitrogen functional groups attached to an aromatic ring is 1. The average Bonchev–Trinajstić information content (AvgIpc) is 2.16. The molecule has 0 radical (unpaired) electrons. The van der Waals surface area contributed by atoms with Gasteiger partial charge < -0.3 is 10.5 Å². The number of aromatic nitrogens is 2. The number of carbonyl (C=O) groups excluding carboxylic acids is 1. The molecule has 2 N–H and O–H groups in total. The van der Waals surface area contributed by atoms with Crippen LogP contribution in [0.4, 0.5) is 14.7 Å². The number of nitrogens with two attached hydrogens (primary N) is 1. The summed E-state index contributed by atoms with van der Waals surface area (Å²) in [4.78, 5) is 17.7. The maximum absolute atomic E-state index is 12.4. The number of hydrogen-bond donors (Lipinski definition) is 1. The molecule has 5 nitrogen and oxygen atoms in total. The van der Waals surface area contributed by atoms with Gasteiger partial charge >= 0.3 is 5.97 Å². The van der Waals surface area contributed by atoms with E-state index in [1.807, 2.05) is 0 Å². The molecule has 1 rings (SSSR count). The predicted molar refractivity (Wildman–Crippen MR) is 42.7 cm³/mol. The van der Waals surface area contributed by atoms with Gasteiger partial charge in [0.15, 0.2) is 0 Å². The number of methoxy groups -OCH3 is 1. The number of esters is 1. The first-order valence-corrected chi connectivity index (χ1v) is 3.55. The molecular formula is C7H7F2N3O2. The Morgan fingerprint density at radius 3 is 2.79 bits per heavy atom. The van der Waals surface area contributed by atoms with Gasteiger partial charge in [-0.15, -0.1) is 0 Å². The van der Waals surface area contributed by atoms with Crippen molar-refractivity contribution in [2.45, 2.75) is 6.43 Å². The number of anilines is 1. The van der Waals surface area contributed by atoms with E-state index in [-0.39, 0.29) is 11.5 Å². The van der Waals surface area contributed by atoms with Crippen LogP contribution < -0.4 is 5.73 Å². The second-order valence-corrected chi connectivity index (χ2v) is 2.32. The first kappa shape index (κ1) is 10.3. The van der Waals surface area contributed by atoms with E-state index in [4.69, 9.17) is 5.73 Å². The van der Waals surface area contributed by atoms with Crippen molar-refractivity contribution in [2.24, 2.45) is 0 Å². The van der Waals surface area contributed by atoms with Crippen LogP contribution in [0, 0.1) is 0 Å². The first-order valence-electron chi connectivity index (χ1n) is 3.55. The number of carbonyl (C=O) groups is 1. The summed E-state index contributed by atoms with van der Waals surface area (Å²) in [5.41, 5.74) is 4.00. The lowest BCUT2D eigenvalue weighted by molar-refractivity contribution is 0.0586. The van der Waals surface area contributed by atoms with Crippen LogP contribution in [0.15, 0.2) is 6.20 Å². The molecule has 0 saturated heterocycles. The summed E-state index contributed by atoms with van der Waals surface area (Å²) in [6.45, 7) is 0. The summed E-state index contributed by atoms with van der Waals surface area (Å²) in [5, 5.41) is 0. The fraction of sp³-hybridized carbons (Fsp3) is 0.286. The Balaban J connectivity index is 3.21. The zero-order valence-electron chi connectivity index (χ0n) is 7.20. The molecule has 0 spiro atoms. The van der Waals surface area contributed by atoms with E-state index in [2.05, 4.69) is 14.7 Å². The normalized spacial score (nSPS) is 10.3. The van der Waals surface area contributed by atoms with E-state index in [1.165, 1.54) is 0 Å². The molecule has 0 bridgehead atoms. The van der Waals surface area contributed by atoms with E-state index in [0.717, 1.165) is 13.3 Å². The van der Waals surface area contributed by atoms with Gasteiger partial charge in [0.2, 0.25) is 5.95 Å². The van der Waals surface area contributed by atoms with Crippen LogP contribution >= 0.6 is 0 Å². The third-order valence-electron chi connectivity index (χ3n) is 1.45. The molecule has 14 heavy (non-hydrogen) atoms. The van der Waals surface area contributed by atoms with Crippen LogP contribution in [0.25, 0.3) is 0 Å². The molecule has 0 atom stereocenters. The highest BCUT2D eigenvalue weighted by molar-refractivity contribution is 5.90. The number of halogens is 2. The number of alkyl halides is 2. The zero-order chi connectivity index (χ0) is 10.7. The maximum Gasteiger partial charge on any atom is 0.341 e. The van der Waals surface area contributed by atoms with Crippen LogP contribution in [0.2, 0.25) is 0 Å². The number of rotatable bonds is 2. The van der Waals surface area contributed by atoms with Gasteiger partial charge in [0, 0.05) is 6.20 Å². The van der Waals surface area contributed by atoms with Gasteiger partial charge in [0.25, 0.3) is 6.43 Å². The molecule has 0 aliphatic carbocycles. The van der Waals surface area contributed by atoms with Crippen molar-refractivity contribution in [1.29, 1.82) is 0 Å². The fourth-order valence-corrected chi connectivity index (χ4v) is 0.843. The topological polar surface area (TPSA) is 78.1 Å². The molecule has 0 aromatic carbocycles. The van der Waals surface area contributed by atoms with E-state index < -0.39 is 18.1 Å².